The number of likely N-dealkylation sites (N-methyl/N-ethyl adjacent to an activating group) is 1. The van der Waals surface area contributed by atoms with Crippen molar-refractivity contribution < 1.29 is 18.7 Å². The van der Waals surface area contributed by atoms with Gasteiger partial charge in [0.15, 0.2) is 0 Å². The van der Waals surface area contributed by atoms with Gasteiger partial charge in [0.1, 0.15) is 18.1 Å². The number of hydrogen-bond acceptors (Lipinski definition) is 3. The molecule has 0 aliphatic carbocycles. The van der Waals surface area contributed by atoms with Crippen LogP contribution in [0.25, 0.3) is 6.08 Å². The molecule has 26 heavy (non-hydrogen) atoms. The van der Waals surface area contributed by atoms with Crippen molar-refractivity contribution in [2.24, 2.45) is 0 Å². The number of ether oxygens (including phenoxy) is 1. The summed E-state index contributed by atoms with van der Waals surface area (Å²) in [5, 5.41) is 2.73. The summed E-state index contributed by atoms with van der Waals surface area (Å²) in [6.45, 7) is 2.07. The molecule has 0 saturated heterocycles. The molecule has 6 heteroatoms. The fraction of sp³-hybridized carbons (Fsp3) is 0.200. The van der Waals surface area contributed by atoms with Crippen molar-refractivity contribution in [1.82, 2.24) is 4.90 Å². The van der Waals surface area contributed by atoms with Gasteiger partial charge in [0.2, 0.25) is 11.8 Å². The minimum Gasteiger partial charge on any atom is -0.497 e. The first-order chi connectivity index (χ1) is 12.5. The van der Waals surface area contributed by atoms with E-state index in [-0.39, 0.29) is 24.2 Å². The van der Waals surface area contributed by atoms with Gasteiger partial charge in [0.05, 0.1) is 7.11 Å². The maximum absolute atomic E-state index is 13.2. The lowest BCUT2D eigenvalue weighted by Crippen LogP contribution is -2.36. The van der Waals surface area contributed by atoms with Gasteiger partial charge in [-0.3, -0.25) is 9.59 Å². The van der Waals surface area contributed by atoms with Crippen LogP contribution in [0.1, 0.15) is 12.5 Å². The average Bonchev–Trinajstić information content (AvgIpc) is 2.64. The van der Waals surface area contributed by atoms with Gasteiger partial charge in [0, 0.05) is 24.4 Å². The molecule has 0 aromatic heterocycles. The van der Waals surface area contributed by atoms with E-state index in [1.807, 2.05) is 0 Å². The Morgan fingerprint density at radius 2 is 1.96 bits per heavy atom. The number of nitrogens with one attached hydrogen (secondary N) is 1. The van der Waals surface area contributed by atoms with Crippen LogP contribution in [0.3, 0.4) is 0 Å². The van der Waals surface area contributed by atoms with Crippen LogP contribution in [0.4, 0.5) is 10.1 Å². The first-order valence-electron chi connectivity index (χ1n) is 8.18. The molecule has 0 unspecified atom stereocenters. The van der Waals surface area contributed by atoms with E-state index in [0.29, 0.717) is 23.5 Å². The van der Waals surface area contributed by atoms with Crippen molar-refractivity contribution >= 4 is 23.6 Å². The summed E-state index contributed by atoms with van der Waals surface area (Å²) in [6.07, 6.45) is 2.85. The maximum Gasteiger partial charge on any atom is 0.247 e. The zero-order valence-corrected chi connectivity index (χ0v) is 14.7. The van der Waals surface area contributed by atoms with Gasteiger partial charge in [-0.2, -0.15) is 0 Å². The van der Waals surface area contributed by atoms with Gasteiger partial charge in [-0.1, -0.05) is 18.2 Å². The van der Waals surface area contributed by atoms with Crippen molar-refractivity contribution in [1.29, 1.82) is 0 Å². The number of amides is 2. The first kappa shape index (κ1) is 19.2. The van der Waals surface area contributed by atoms with Crippen LogP contribution in [0.2, 0.25) is 0 Å². The maximum atomic E-state index is 13.2. The zero-order valence-electron chi connectivity index (χ0n) is 14.7. The number of benzene rings is 2. The van der Waals surface area contributed by atoms with Crippen LogP contribution >= 0.6 is 0 Å². The van der Waals surface area contributed by atoms with Gasteiger partial charge in [-0.25, -0.2) is 4.39 Å². The molecule has 2 amide bonds. The predicted octanol–water partition coefficient (Wildman–Crippen LogP) is 3.33. The smallest absolute Gasteiger partial charge is 0.247 e. The number of rotatable bonds is 7. The van der Waals surface area contributed by atoms with Gasteiger partial charge in [-0.05, 0) is 42.8 Å². The lowest BCUT2D eigenvalue weighted by Gasteiger charge is -2.18. The minimum absolute atomic E-state index is 0.0833. The number of carbonyl (C=O) groups is 2. The molecule has 0 bridgehead atoms. The number of carbonyl (C=O) groups excluding carboxylic acids is 2. The summed E-state index contributed by atoms with van der Waals surface area (Å²) in [7, 11) is 1.54. The molecule has 0 aliphatic rings. The molecule has 0 spiro atoms. The molecule has 0 atom stereocenters. The van der Waals surface area contributed by atoms with Crippen molar-refractivity contribution in [2.45, 2.75) is 6.92 Å². The molecular formula is C20H21FN2O3. The monoisotopic (exact) mass is 356 g/mol. The number of hydrogen-bond donors (Lipinski definition) is 1. The Kier molecular flexibility index (Phi) is 6.91. The van der Waals surface area contributed by atoms with Crippen molar-refractivity contribution in [3.8, 4) is 5.75 Å². The molecule has 1 N–H and O–H groups in total. The topological polar surface area (TPSA) is 58.6 Å². The largest absolute Gasteiger partial charge is 0.497 e. The highest BCUT2D eigenvalue weighted by atomic mass is 19.1. The summed E-state index contributed by atoms with van der Waals surface area (Å²) >= 11 is 0. The normalized spacial score (nSPS) is 10.6. The number of methoxy groups -OCH3 is 1. The fourth-order valence-corrected chi connectivity index (χ4v) is 2.30. The van der Waals surface area contributed by atoms with Crippen LogP contribution in [0, 0.1) is 5.82 Å². The third-order valence-electron chi connectivity index (χ3n) is 3.65. The van der Waals surface area contributed by atoms with Crippen LogP contribution in [0.5, 0.6) is 5.75 Å². The van der Waals surface area contributed by atoms with Gasteiger partial charge in [-0.15, -0.1) is 0 Å². The SMILES string of the molecule is CCN(CC(=O)Nc1cccc(OC)c1)C(=O)/C=C/c1cccc(F)c1. The Balaban J connectivity index is 1.96. The Hall–Kier alpha value is -3.15. The Morgan fingerprint density at radius 3 is 2.65 bits per heavy atom. The lowest BCUT2D eigenvalue weighted by molar-refractivity contribution is -0.130. The molecule has 0 saturated carbocycles. The summed E-state index contributed by atoms with van der Waals surface area (Å²) in [5.41, 5.74) is 1.17. The molecule has 0 radical (unpaired) electrons. The Bertz CT molecular complexity index is 805. The predicted molar refractivity (Wildman–Crippen MR) is 99.3 cm³/mol. The van der Waals surface area contributed by atoms with E-state index < -0.39 is 0 Å². The Morgan fingerprint density at radius 1 is 1.19 bits per heavy atom. The van der Waals surface area contributed by atoms with Crippen LogP contribution in [-0.4, -0.2) is 36.9 Å². The second-order valence-electron chi connectivity index (χ2n) is 5.52. The molecule has 2 aromatic rings. The quantitative estimate of drug-likeness (QED) is 0.774. The standard InChI is InChI=1S/C20H21FN2O3/c1-3-23(20(25)11-10-15-6-4-7-16(21)12-15)14-19(24)22-17-8-5-9-18(13-17)26-2/h4-13H,3,14H2,1-2H3,(H,22,24)/b11-10+. The molecule has 5 nitrogen and oxygen atoms in total. The highest BCUT2D eigenvalue weighted by Crippen LogP contribution is 2.16. The van der Waals surface area contributed by atoms with E-state index in [2.05, 4.69) is 5.32 Å². The number of halogens is 1. The summed E-state index contributed by atoms with van der Waals surface area (Å²) < 4.78 is 18.3. The third-order valence-corrected chi connectivity index (χ3v) is 3.65. The van der Waals surface area contributed by atoms with Crippen LogP contribution in [0.15, 0.2) is 54.6 Å². The van der Waals surface area contributed by atoms with E-state index in [9.17, 15) is 14.0 Å². The first-order valence-corrected chi connectivity index (χ1v) is 8.18. The number of anilines is 1. The van der Waals surface area contributed by atoms with Gasteiger partial charge < -0.3 is 15.0 Å². The minimum atomic E-state index is -0.371. The second-order valence-corrected chi connectivity index (χ2v) is 5.52. The molecule has 2 rings (SSSR count). The third kappa shape index (κ3) is 5.73. The van der Waals surface area contributed by atoms with Crippen LogP contribution < -0.4 is 10.1 Å². The van der Waals surface area contributed by atoms with Crippen molar-refractivity contribution in [3.05, 3.63) is 66.0 Å². The average molecular weight is 356 g/mol. The lowest BCUT2D eigenvalue weighted by atomic mass is 10.2. The molecule has 136 valence electrons. The van der Waals surface area contributed by atoms with E-state index in [1.54, 1.807) is 50.4 Å². The van der Waals surface area contributed by atoms with E-state index in [4.69, 9.17) is 4.74 Å². The molecule has 0 heterocycles. The molecule has 2 aromatic carbocycles. The summed E-state index contributed by atoms with van der Waals surface area (Å²) in [5.74, 6) is -0.376. The highest BCUT2D eigenvalue weighted by molar-refractivity contribution is 5.98. The van der Waals surface area contributed by atoms with E-state index >= 15 is 0 Å². The zero-order chi connectivity index (χ0) is 18.9. The molecular weight excluding hydrogens is 335 g/mol. The molecule has 0 fully saturated rings. The number of nitrogens with zero attached hydrogens (tertiary/aromatic N) is 1. The summed E-state index contributed by atoms with van der Waals surface area (Å²) in [6, 6.07) is 12.9. The van der Waals surface area contributed by atoms with Crippen LogP contribution in [-0.2, 0) is 9.59 Å². The highest BCUT2D eigenvalue weighted by Gasteiger charge is 2.13. The second kappa shape index (κ2) is 9.36. The van der Waals surface area contributed by atoms with Gasteiger partial charge in [0.25, 0.3) is 0 Å². The van der Waals surface area contributed by atoms with Crippen molar-refractivity contribution in [3.63, 3.8) is 0 Å². The Labute approximate surface area is 152 Å². The molecule has 0 aliphatic heterocycles. The van der Waals surface area contributed by atoms with E-state index in [1.165, 1.54) is 29.2 Å². The van der Waals surface area contributed by atoms with E-state index in [0.717, 1.165) is 0 Å². The van der Waals surface area contributed by atoms with Crippen molar-refractivity contribution in [2.75, 3.05) is 25.5 Å². The van der Waals surface area contributed by atoms with Gasteiger partial charge >= 0.3 is 0 Å². The fourth-order valence-electron chi connectivity index (χ4n) is 2.30. The summed E-state index contributed by atoms with van der Waals surface area (Å²) in [4.78, 5) is 25.8.